The van der Waals surface area contributed by atoms with E-state index < -0.39 is 0 Å². The Kier molecular flexibility index (Phi) is 4.64. The van der Waals surface area contributed by atoms with Crippen molar-refractivity contribution in [1.29, 1.82) is 0 Å². The number of nitro groups is 1. The monoisotopic (exact) mass is 311 g/mol. The Hall–Kier alpha value is -1.86. The van der Waals surface area contributed by atoms with E-state index in [0.29, 0.717) is 30.7 Å². The number of hydrogen-bond acceptors (Lipinski definition) is 6. The van der Waals surface area contributed by atoms with Gasteiger partial charge in [0, 0.05) is 26.8 Å². The molecular formula is C13H18ClN5O2. The Morgan fingerprint density at radius 1 is 1.48 bits per heavy atom. The molecule has 0 amide bonds. The molecule has 21 heavy (non-hydrogen) atoms. The number of hydrogen-bond donors (Lipinski definition) is 0. The third-order valence-electron chi connectivity index (χ3n) is 3.20. The van der Waals surface area contributed by atoms with Crippen LogP contribution in [-0.2, 0) is 6.54 Å². The van der Waals surface area contributed by atoms with Gasteiger partial charge in [0.1, 0.15) is 5.15 Å². The lowest BCUT2D eigenvalue weighted by Gasteiger charge is -2.37. The molecule has 114 valence electrons. The summed E-state index contributed by atoms with van der Waals surface area (Å²) < 4.78 is 0. The molecule has 0 radical (unpaired) electrons. The largest absolute Gasteiger partial charge is 0.359 e. The second kappa shape index (κ2) is 6.28. The van der Waals surface area contributed by atoms with Gasteiger partial charge in [-0.15, -0.1) is 0 Å². The summed E-state index contributed by atoms with van der Waals surface area (Å²) in [7, 11) is 5.50. The standard InChI is InChI=1S/C13H18ClN5O2/c1-16(2)13-11(19(20)21)8-17(3)9-18(13)7-10-4-5-12(14)15-6-10/h4-6H,7-9H2,1-3H3. The smallest absolute Gasteiger partial charge is 0.300 e. The van der Waals surface area contributed by atoms with Gasteiger partial charge in [0.05, 0.1) is 18.1 Å². The molecule has 2 rings (SSSR count). The highest BCUT2D eigenvalue weighted by molar-refractivity contribution is 6.29. The number of nitrogens with zero attached hydrogens (tertiary/aromatic N) is 5. The molecule has 8 heteroatoms. The maximum atomic E-state index is 11.3. The summed E-state index contributed by atoms with van der Waals surface area (Å²) >= 11 is 5.78. The van der Waals surface area contributed by atoms with Crippen LogP contribution in [0.1, 0.15) is 5.56 Å². The Labute approximate surface area is 128 Å². The van der Waals surface area contributed by atoms with Crippen LogP contribution in [0.5, 0.6) is 0 Å². The molecular weight excluding hydrogens is 294 g/mol. The van der Waals surface area contributed by atoms with Gasteiger partial charge in [-0.05, 0) is 18.7 Å². The molecule has 0 aromatic carbocycles. The zero-order valence-corrected chi connectivity index (χ0v) is 13.0. The number of pyridine rings is 1. The van der Waals surface area contributed by atoms with E-state index in [4.69, 9.17) is 11.6 Å². The fourth-order valence-electron chi connectivity index (χ4n) is 2.44. The quantitative estimate of drug-likeness (QED) is 0.476. The molecule has 1 aromatic rings. The van der Waals surface area contributed by atoms with E-state index in [1.165, 1.54) is 0 Å². The topological polar surface area (TPSA) is 65.8 Å². The fraction of sp³-hybridized carbons (Fsp3) is 0.462. The van der Waals surface area contributed by atoms with Crippen molar-refractivity contribution in [1.82, 2.24) is 19.7 Å². The van der Waals surface area contributed by atoms with Gasteiger partial charge in [-0.3, -0.25) is 15.0 Å². The van der Waals surface area contributed by atoms with Crippen molar-refractivity contribution >= 4 is 11.6 Å². The van der Waals surface area contributed by atoms with Crippen LogP contribution < -0.4 is 0 Å². The molecule has 2 heterocycles. The van der Waals surface area contributed by atoms with Gasteiger partial charge in [0.15, 0.2) is 5.82 Å². The third-order valence-corrected chi connectivity index (χ3v) is 3.42. The number of rotatable bonds is 4. The number of aromatic nitrogens is 1. The Balaban J connectivity index is 2.32. The summed E-state index contributed by atoms with van der Waals surface area (Å²) in [6, 6.07) is 3.60. The van der Waals surface area contributed by atoms with Gasteiger partial charge >= 0.3 is 0 Å². The molecule has 7 nitrogen and oxygen atoms in total. The van der Waals surface area contributed by atoms with Crippen molar-refractivity contribution in [2.24, 2.45) is 0 Å². The normalized spacial score (nSPS) is 16.3. The summed E-state index contributed by atoms with van der Waals surface area (Å²) in [6.45, 7) is 1.49. The summed E-state index contributed by atoms with van der Waals surface area (Å²) in [5.41, 5.74) is 1.16. The van der Waals surface area contributed by atoms with Crippen molar-refractivity contribution in [2.75, 3.05) is 34.4 Å². The first-order valence-corrected chi connectivity index (χ1v) is 6.85. The number of halogens is 1. The van der Waals surface area contributed by atoms with Crippen LogP contribution in [-0.4, -0.2) is 59.0 Å². The van der Waals surface area contributed by atoms with Crippen LogP contribution in [0, 0.1) is 10.1 Å². The van der Waals surface area contributed by atoms with Crippen LogP contribution in [0.3, 0.4) is 0 Å². The molecule has 1 aliphatic heterocycles. The molecule has 1 aromatic heterocycles. The van der Waals surface area contributed by atoms with Crippen LogP contribution in [0.2, 0.25) is 5.15 Å². The van der Waals surface area contributed by atoms with E-state index in [-0.39, 0.29) is 10.6 Å². The van der Waals surface area contributed by atoms with E-state index in [9.17, 15) is 10.1 Å². The zero-order valence-electron chi connectivity index (χ0n) is 12.3. The molecule has 0 atom stereocenters. The average Bonchev–Trinajstić information content (AvgIpc) is 2.40. The average molecular weight is 312 g/mol. The van der Waals surface area contributed by atoms with Gasteiger partial charge in [-0.2, -0.15) is 0 Å². The second-order valence-electron chi connectivity index (χ2n) is 5.26. The van der Waals surface area contributed by atoms with E-state index in [2.05, 4.69) is 4.98 Å². The first kappa shape index (κ1) is 15.5. The lowest BCUT2D eigenvalue weighted by Crippen LogP contribution is -2.46. The van der Waals surface area contributed by atoms with E-state index in [1.807, 2.05) is 37.0 Å². The van der Waals surface area contributed by atoms with E-state index in [1.54, 1.807) is 17.2 Å². The summed E-state index contributed by atoms with van der Waals surface area (Å²) in [5, 5.41) is 11.7. The van der Waals surface area contributed by atoms with Crippen molar-refractivity contribution in [3.63, 3.8) is 0 Å². The van der Waals surface area contributed by atoms with Gasteiger partial charge in [0.2, 0.25) is 0 Å². The fourth-order valence-corrected chi connectivity index (χ4v) is 2.55. The summed E-state index contributed by atoms with van der Waals surface area (Å²) in [5.74, 6) is 0.632. The lowest BCUT2D eigenvalue weighted by atomic mass is 10.2. The van der Waals surface area contributed by atoms with Crippen LogP contribution >= 0.6 is 11.6 Å². The van der Waals surface area contributed by atoms with Crippen molar-refractivity contribution < 1.29 is 4.92 Å². The Morgan fingerprint density at radius 3 is 2.71 bits per heavy atom. The first-order chi connectivity index (χ1) is 9.88. The molecule has 0 saturated heterocycles. The van der Waals surface area contributed by atoms with Gasteiger partial charge in [-0.1, -0.05) is 17.7 Å². The van der Waals surface area contributed by atoms with Gasteiger partial charge < -0.3 is 9.80 Å². The van der Waals surface area contributed by atoms with Crippen molar-refractivity contribution in [3.05, 3.63) is 50.7 Å². The number of likely N-dealkylation sites (N-methyl/N-ethyl adjacent to an activating group) is 1. The molecule has 1 aliphatic rings. The third kappa shape index (κ3) is 3.62. The Morgan fingerprint density at radius 2 is 2.19 bits per heavy atom. The molecule has 0 bridgehead atoms. The maximum Gasteiger partial charge on any atom is 0.300 e. The van der Waals surface area contributed by atoms with Crippen molar-refractivity contribution in [3.8, 4) is 0 Å². The Bertz CT molecular complexity index is 558. The highest BCUT2D eigenvalue weighted by Crippen LogP contribution is 2.22. The van der Waals surface area contributed by atoms with E-state index in [0.717, 1.165) is 5.56 Å². The first-order valence-electron chi connectivity index (χ1n) is 6.47. The zero-order chi connectivity index (χ0) is 15.6. The lowest BCUT2D eigenvalue weighted by molar-refractivity contribution is -0.433. The maximum absolute atomic E-state index is 11.3. The predicted molar refractivity (Wildman–Crippen MR) is 80.0 cm³/mol. The highest BCUT2D eigenvalue weighted by Gasteiger charge is 2.32. The SMILES string of the molecule is CN1CC([N+](=O)[O-])=C(N(C)C)N(Cc2ccc(Cl)nc2)C1. The molecule has 0 spiro atoms. The van der Waals surface area contributed by atoms with Crippen LogP contribution in [0.25, 0.3) is 0 Å². The molecule has 0 fully saturated rings. The molecule has 0 N–H and O–H groups in total. The summed E-state index contributed by atoms with van der Waals surface area (Å²) in [6.07, 6.45) is 1.69. The van der Waals surface area contributed by atoms with Crippen molar-refractivity contribution in [2.45, 2.75) is 6.54 Å². The van der Waals surface area contributed by atoms with Crippen LogP contribution in [0.15, 0.2) is 29.8 Å². The van der Waals surface area contributed by atoms with Gasteiger partial charge in [-0.25, -0.2) is 4.98 Å². The minimum absolute atomic E-state index is 0.204. The second-order valence-corrected chi connectivity index (χ2v) is 5.65. The minimum atomic E-state index is -0.307. The molecule has 0 saturated carbocycles. The van der Waals surface area contributed by atoms with E-state index >= 15 is 0 Å². The highest BCUT2D eigenvalue weighted by atomic mass is 35.5. The van der Waals surface area contributed by atoms with Gasteiger partial charge in [0.25, 0.3) is 5.70 Å². The molecule has 0 unspecified atom stereocenters. The molecule has 0 aliphatic carbocycles. The summed E-state index contributed by atoms with van der Waals surface area (Å²) in [4.78, 5) is 20.7. The predicted octanol–water partition coefficient (Wildman–Crippen LogP) is 1.45. The minimum Gasteiger partial charge on any atom is -0.359 e. The van der Waals surface area contributed by atoms with Crippen LogP contribution in [0.4, 0.5) is 0 Å².